The van der Waals surface area contributed by atoms with Gasteiger partial charge in [0, 0.05) is 18.1 Å². The molecule has 6 heteroatoms. The van der Waals surface area contributed by atoms with Gasteiger partial charge in [-0.1, -0.05) is 30.3 Å². The van der Waals surface area contributed by atoms with Crippen LogP contribution in [0.2, 0.25) is 0 Å². The van der Waals surface area contributed by atoms with Crippen molar-refractivity contribution in [1.29, 1.82) is 0 Å². The van der Waals surface area contributed by atoms with Crippen LogP contribution in [0.5, 0.6) is 11.5 Å². The number of likely N-dealkylation sites (N-methyl/N-ethyl adjacent to an activating group) is 1. The average molecular weight is 364 g/mol. The molecule has 138 valence electrons. The van der Waals surface area contributed by atoms with E-state index in [9.17, 15) is 9.59 Å². The molecule has 3 aromatic rings. The van der Waals surface area contributed by atoms with E-state index in [1.807, 2.05) is 48.5 Å². The minimum absolute atomic E-state index is 0.0425. The molecule has 1 aliphatic rings. The molecule has 6 nitrogen and oxygen atoms in total. The number of aromatic amines is 1. The lowest BCUT2D eigenvalue weighted by atomic mass is 10.1. The summed E-state index contributed by atoms with van der Waals surface area (Å²) in [4.78, 5) is 29.2. The Morgan fingerprint density at radius 1 is 1.15 bits per heavy atom. The quantitative estimate of drug-likeness (QED) is 0.772. The molecule has 0 aliphatic carbocycles. The Labute approximate surface area is 156 Å². The molecule has 0 saturated heterocycles. The summed E-state index contributed by atoms with van der Waals surface area (Å²) in [5.74, 6) is 1.25. The summed E-state index contributed by atoms with van der Waals surface area (Å²) >= 11 is 0. The highest BCUT2D eigenvalue weighted by molar-refractivity contribution is 5.82. The number of carbonyl (C=O) groups excluding carboxylic acids is 1. The molecule has 0 fully saturated rings. The van der Waals surface area contributed by atoms with E-state index in [0.29, 0.717) is 30.2 Å². The summed E-state index contributed by atoms with van der Waals surface area (Å²) in [6, 6.07) is 16.8. The highest BCUT2D eigenvalue weighted by Gasteiger charge is 2.24. The number of para-hydroxylation sites is 3. The summed E-state index contributed by atoms with van der Waals surface area (Å²) in [5, 5.41) is 0.906. The third-order valence-electron chi connectivity index (χ3n) is 4.64. The van der Waals surface area contributed by atoms with Gasteiger partial charge in [0.15, 0.2) is 17.6 Å². The number of ether oxygens (including phenoxy) is 2. The second kappa shape index (κ2) is 7.15. The molecule has 0 bridgehead atoms. The fourth-order valence-electron chi connectivity index (χ4n) is 3.18. The van der Waals surface area contributed by atoms with E-state index in [0.717, 1.165) is 10.9 Å². The van der Waals surface area contributed by atoms with Crippen molar-refractivity contribution < 1.29 is 14.3 Å². The van der Waals surface area contributed by atoms with E-state index in [1.165, 1.54) is 0 Å². The van der Waals surface area contributed by atoms with Crippen molar-refractivity contribution in [2.75, 3.05) is 20.2 Å². The van der Waals surface area contributed by atoms with Gasteiger partial charge in [-0.15, -0.1) is 0 Å². The third-order valence-corrected chi connectivity index (χ3v) is 4.64. The number of hydrogen-bond acceptors (Lipinski definition) is 4. The highest BCUT2D eigenvalue weighted by Crippen LogP contribution is 2.30. The average Bonchev–Trinajstić information content (AvgIpc) is 2.68. The van der Waals surface area contributed by atoms with Crippen molar-refractivity contribution in [3.05, 3.63) is 70.5 Å². The monoisotopic (exact) mass is 364 g/mol. The first-order valence-corrected chi connectivity index (χ1v) is 8.83. The third kappa shape index (κ3) is 3.65. The van der Waals surface area contributed by atoms with E-state index in [4.69, 9.17) is 9.47 Å². The first-order valence-electron chi connectivity index (χ1n) is 8.83. The van der Waals surface area contributed by atoms with E-state index in [-0.39, 0.29) is 24.0 Å². The van der Waals surface area contributed by atoms with Crippen molar-refractivity contribution in [2.45, 2.75) is 12.5 Å². The maximum Gasteiger partial charge on any atom is 0.252 e. The SMILES string of the molecule is CN(C[C@@H]1COc2ccccc2O1)C(=O)Cc1cc2ccccc2[nH]c1=O. The molecule has 1 N–H and O–H groups in total. The van der Waals surface area contributed by atoms with E-state index < -0.39 is 0 Å². The molecule has 2 heterocycles. The number of carbonyl (C=O) groups is 1. The molecule has 2 aromatic carbocycles. The minimum Gasteiger partial charge on any atom is -0.486 e. The number of pyridine rings is 1. The van der Waals surface area contributed by atoms with Crippen LogP contribution in [0.4, 0.5) is 0 Å². The number of benzene rings is 2. The topological polar surface area (TPSA) is 71.6 Å². The van der Waals surface area contributed by atoms with Crippen LogP contribution >= 0.6 is 0 Å². The fraction of sp³-hybridized carbons (Fsp3) is 0.238. The second-order valence-electron chi connectivity index (χ2n) is 6.66. The van der Waals surface area contributed by atoms with Gasteiger partial charge in [-0.2, -0.15) is 0 Å². The lowest BCUT2D eigenvalue weighted by Gasteiger charge is -2.29. The first-order chi connectivity index (χ1) is 13.1. The van der Waals surface area contributed by atoms with Gasteiger partial charge in [0.05, 0.1) is 13.0 Å². The van der Waals surface area contributed by atoms with Crippen LogP contribution in [0, 0.1) is 0 Å². The normalized spacial score (nSPS) is 15.5. The van der Waals surface area contributed by atoms with Crippen molar-refractivity contribution in [1.82, 2.24) is 9.88 Å². The van der Waals surface area contributed by atoms with E-state index >= 15 is 0 Å². The molecule has 1 aliphatic heterocycles. The van der Waals surface area contributed by atoms with Gasteiger partial charge < -0.3 is 19.4 Å². The van der Waals surface area contributed by atoms with Gasteiger partial charge in [-0.05, 0) is 29.7 Å². The van der Waals surface area contributed by atoms with Crippen molar-refractivity contribution in [3.63, 3.8) is 0 Å². The Morgan fingerprint density at radius 2 is 1.89 bits per heavy atom. The van der Waals surface area contributed by atoms with Crippen molar-refractivity contribution >= 4 is 16.8 Å². The van der Waals surface area contributed by atoms with Crippen LogP contribution in [0.1, 0.15) is 5.56 Å². The summed E-state index contributed by atoms with van der Waals surface area (Å²) < 4.78 is 11.6. The number of H-pyrrole nitrogens is 1. The second-order valence-corrected chi connectivity index (χ2v) is 6.66. The molecular formula is C21H20N2O4. The first kappa shape index (κ1) is 17.1. The van der Waals surface area contributed by atoms with Crippen LogP contribution in [0.25, 0.3) is 10.9 Å². The van der Waals surface area contributed by atoms with Gasteiger partial charge in [-0.3, -0.25) is 9.59 Å². The highest BCUT2D eigenvalue weighted by atomic mass is 16.6. The van der Waals surface area contributed by atoms with Crippen LogP contribution in [0.15, 0.2) is 59.4 Å². The number of hydrogen-bond donors (Lipinski definition) is 1. The van der Waals surface area contributed by atoms with Gasteiger partial charge in [0.1, 0.15) is 6.61 Å². The predicted octanol–water partition coefficient (Wildman–Crippen LogP) is 2.37. The maximum atomic E-state index is 12.6. The zero-order valence-electron chi connectivity index (χ0n) is 15.0. The minimum atomic E-state index is -0.247. The Balaban J connectivity index is 1.43. The molecular weight excluding hydrogens is 344 g/mol. The molecule has 0 spiro atoms. The van der Waals surface area contributed by atoms with E-state index in [1.54, 1.807) is 18.0 Å². The van der Waals surface area contributed by atoms with Crippen molar-refractivity contribution in [3.8, 4) is 11.5 Å². The van der Waals surface area contributed by atoms with Gasteiger partial charge in [-0.25, -0.2) is 0 Å². The van der Waals surface area contributed by atoms with Gasteiger partial charge in [0.25, 0.3) is 5.56 Å². The Kier molecular flexibility index (Phi) is 4.54. The zero-order valence-corrected chi connectivity index (χ0v) is 15.0. The number of nitrogens with zero attached hydrogens (tertiary/aromatic N) is 1. The lowest BCUT2D eigenvalue weighted by molar-refractivity contribution is -0.130. The zero-order chi connectivity index (χ0) is 18.8. The summed E-state index contributed by atoms with van der Waals surface area (Å²) in [5.41, 5.74) is 0.983. The predicted molar refractivity (Wildman–Crippen MR) is 102 cm³/mol. The molecule has 0 saturated carbocycles. The van der Waals surface area contributed by atoms with Crippen LogP contribution in [-0.2, 0) is 11.2 Å². The van der Waals surface area contributed by atoms with Crippen LogP contribution in [-0.4, -0.2) is 42.1 Å². The largest absolute Gasteiger partial charge is 0.486 e. The molecule has 27 heavy (non-hydrogen) atoms. The van der Waals surface area contributed by atoms with Gasteiger partial charge in [0.2, 0.25) is 5.91 Å². The smallest absolute Gasteiger partial charge is 0.252 e. The summed E-state index contributed by atoms with van der Waals surface area (Å²) in [6.45, 7) is 0.768. The molecule has 0 unspecified atom stereocenters. The van der Waals surface area contributed by atoms with Crippen molar-refractivity contribution in [2.24, 2.45) is 0 Å². The molecule has 1 amide bonds. The molecule has 1 aromatic heterocycles. The summed E-state index contributed by atoms with van der Waals surface area (Å²) in [7, 11) is 1.71. The van der Waals surface area contributed by atoms with Gasteiger partial charge >= 0.3 is 0 Å². The number of fused-ring (bicyclic) bond motifs is 2. The number of nitrogens with one attached hydrogen (secondary N) is 1. The molecule has 1 atom stereocenters. The summed E-state index contributed by atoms with van der Waals surface area (Å²) in [6.07, 6.45) is -0.204. The Bertz CT molecular complexity index is 1040. The van der Waals surface area contributed by atoms with Crippen LogP contribution in [0.3, 0.4) is 0 Å². The fourth-order valence-corrected chi connectivity index (χ4v) is 3.18. The molecule has 0 radical (unpaired) electrons. The molecule has 4 rings (SSSR count). The van der Waals surface area contributed by atoms with Crippen LogP contribution < -0.4 is 15.0 Å². The Hall–Kier alpha value is -3.28. The number of aromatic nitrogens is 1. The number of rotatable bonds is 4. The standard InChI is InChI=1S/C21H20N2O4/c1-23(12-16-13-26-18-8-4-5-9-19(18)27-16)20(24)11-15-10-14-6-2-3-7-17(14)22-21(15)25/h2-10,16H,11-13H2,1H3,(H,22,25)/t16-/m1/s1. The maximum absolute atomic E-state index is 12.6. The number of amides is 1. The lowest BCUT2D eigenvalue weighted by Crippen LogP contribution is -2.42. The Morgan fingerprint density at radius 3 is 2.74 bits per heavy atom. The van der Waals surface area contributed by atoms with E-state index in [2.05, 4.69) is 4.98 Å².